The molecule has 2 heterocycles. The highest BCUT2D eigenvalue weighted by Gasteiger charge is 2.40. The van der Waals surface area contributed by atoms with Gasteiger partial charge in [-0.25, -0.2) is 28.8 Å². The van der Waals surface area contributed by atoms with E-state index in [1.807, 2.05) is 53.1 Å². The molecular formula is C63H103N9O14. The number of nitrogens with two attached hydrogens (primary N) is 1. The number of alkyl carbamates (subject to hydrolysis) is 3. The molecule has 23 heteroatoms. The van der Waals surface area contributed by atoms with Gasteiger partial charge in [0, 0.05) is 47.4 Å². The Labute approximate surface area is 509 Å². The van der Waals surface area contributed by atoms with E-state index >= 15 is 0 Å². The first-order valence-corrected chi connectivity index (χ1v) is 31.9. The highest BCUT2D eigenvalue weighted by Crippen LogP contribution is 2.36. The number of carbonyl (C=O) groups is 8. The van der Waals surface area contributed by atoms with Crippen molar-refractivity contribution < 1.29 is 66.8 Å². The number of carbonyl (C=O) groups excluding carboxylic acids is 8. The SMILES string of the molecule is CCOC(=O)C(=O)C1CC(NC(=O)OC(C)(C)C)CCC1=O.CCOC(=O)c1c2c(nn1C1CCCCC1)CCC(NC(=O)OC(C)(C)C)C2.CCOC(=O)c1nn(C2CCCCC2)c2c1CC(NC(=O)OC(C)(C)C)CC2.NNC1CCCCC1. The van der Waals surface area contributed by atoms with Gasteiger partial charge in [-0.3, -0.25) is 30.2 Å². The van der Waals surface area contributed by atoms with Crippen molar-refractivity contribution in [3.63, 3.8) is 0 Å². The van der Waals surface area contributed by atoms with Gasteiger partial charge in [0.1, 0.15) is 28.3 Å². The Balaban J connectivity index is 0.000000222. The zero-order chi connectivity index (χ0) is 63.4. The van der Waals surface area contributed by atoms with E-state index in [9.17, 15) is 38.4 Å². The lowest BCUT2D eigenvalue weighted by Crippen LogP contribution is -2.46. The summed E-state index contributed by atoms with van der Waals surface area (Å²) in [7, 11) is 0. The number of ether oxygens (including phenoxy) is 6. The second kappa shape index (κ2) is 33.3. The summed E-state index contributed by atoms with van der Waals surface area (Å²) in [5.74, 6) is 1.39. The normalized spacial score (nSPS) is 21.1. The number of amides is 3. The molecule has 4 atom stereocenters. The number of nitrogens with one attached hydrogen (secondary N) is 4. The number of rotatable bonds is 13. The molecule has 4 saturated carbocycles. The molecule has 6 aliphatic rings. The minimum atomic E-state index is -1.05. The van der Waals surface area contributed by atoms with Gasteiger partial charge >= 0.3 is 36.2 Å². The fourth-order valence-corrected chi connectivity index (χ4v) is 11.9. The Hall–Kier alpha value is -6.10. The number of hydrazine groups is 1. The van der Waals surface area contributed by atoms with Crippen LogP contribution in [0.25, 0.3) is 0 Å². The molecule has 6 aliphatic carbocycles. The van der Waals surface area contributed by atoms with Gasteiger partial charge in [0.25, 0.3) is 5.78 Å². The molecule has 0 bridgehead atoms. The highest BCUT2D eigenvalue weighted by atomic mass is 16.6. The van der Waals surface area contributed by atoms with Crippen LogP contribution in [0.3, 0.4) is 0 Å². The number of fused-ring (bicyclic) bond motifs is 2. The Morgan fingerprint density at radius 2 is 0.953 bits per heavy atom. The third kappa shape index (κ3) is 22.6. The molecule has 4 fully saturated rings. The zero-order valence-electron chi connectivity index (χ0n) is 53.7. The van der Waals surface area contributed by atoms with E-state index in [4.69, 9.17) is 39.7 Å². The number of esters is 3. The molecule has 3 amide bonds. The summed E-state index contributed by atoms with van der Waals surface area (Å²) in [6.07, 6.45) is 21.7. The van der Waals surface area contributed by atoms with Crippen LogP contribution in [-0.4, -0.2) is 128 Å². The molecule has 0 spiro atoms. The molecule has 86 heavy (non-hydrogen) atoms. The second-order valence-electron chi connectivity index (χ2n) is 26.4. The van der Waals surface area contributed by atoms with Crippen molar-refractivity contribution in [2.45, 2.75) is 290 Å². The van der Waals surface area contributed by atoms with Crippen LogP contribution in [0.1, 0.15) is 267 Å². The van der Waals surface area contributed by atoms with Crippen molar-refractivity contribution in [1.29, 1.82) is 0 Å². The van der Waals surface area contributed by atoms with Crippen molar-refractivity contribution in [1.82, 2.24) is 40.9 Å². The number of aromatic nitrogens is 4. The first kappa shape index (κ1) is 70.7. The Morgan fingerprint density at radius 1 is 0.512 bits per heavy atom. The Bertz CT molecular complexity index is 2540. The van der Waals surface area contributed by atoms with Crippen LogP contribution >= 0.6 is 0 Å². The average Bonchev–Trinajstić information content (AvgIpc) is 1.85. The van der Waals surface area contributed by atoms with E-state index in [0.29, 0.717) is 55.9 Å². The Kier molecular flexibility index (Phi) is 27.4. The standard InChI is InChI=1S/2C21H33N3O4.C15H23NO6.C6H14N2/c1-5-27-19(25)18-16-13-14(22-20(26)28-21(2,3)4)11-12-17(16)24(23-18)15-9-7-6-8-10-15;1-5-27-19(25)18-16-13-14(22-20(26)28-21(2,3)4)11-12-17(16)23-24(18)15-9-7-6-8-10-15;1-5-21-13(19)12(18)10-8-9(6-7-11(10)17)16-14(20)22-15(2,3)4;7-8-6-4-2-1-3-5-6/h2*14-15H,5-13H2,1-4H3,(H,22,26);9-10H,5-8H2,1-4H3,(H,16,20);6,8H,1-5,7H2. The number of ketones is 2. The first-order valence-electron chi connectivity index (χ1n) is 31.9. The molecule has 0 radical (unpaired) electrons. The number of hydrogen-bond acceptors (Lipinski definition) is 18. The summed E-state index contributed by atoms with van der Waals surface area (Å²) in [5.41, 5.74) is 6.06. The van der Waals surface area contributed by atoms with Crippen LogP contribution in [0.4, 0.5) is 14.4 Å². The van der Waals surface area contributed by atoms with Crippen LogP contribution in [0.5, 0.6) is 0 Å². The lowest BCUT2D eigenvalue weighted by Gasteiger charge is -2.28. The molecule has 23 nitrogen and oxygen atoms in total. The van der Waals surface area contributed by atoms with Crippen LogP contribution in [0, 0.1) is 5.92 Å². The molecule has 484 valence electrons. The van der Waals surface area contributed by atoms with Crippen molar-refractivity contribution in [2.75, 3.05) is 19.8 Å². The topological polar surface area (TPSA) is 302 Å². The predicted octanol–water partition coefficient (Wildman–Crippen LogP) is 10.1. The van der Waals surface area contributed by atoms with E-state index < -0.39 is 52.8 Å². The summed E-state index contributed by atoms with van der Waals surface area (Å²) in [4.78, 5) is 96.6. The van der Waals surface area contributed by atoms with E-state index in [2.05, 4.69) is 30.8 Å². The fourth-order valence-electron chi connectivity index (χ4n) is 11.9. The minimum Gasteiger partial charge on any atom is -0.461 e. The number of aryl methyl sites for hydroxylation is 1. The quantitative estimate of drug-likeness (QED) is 0.0311. The maximum absolute atomic E-state index is 12.8. The first-order chi connectivity index (χ1) is 40.6. The van der Waals surface area contributed by atoms with Crippen LogP contribution < -0.4 is 27.2 Å². The maximum atomic E-state index is 12.8. The number of nitrogens with zero attached hydrogens (tertiary/aromatic N) is 4. The van der Waals surface area contributed by atoms with Crippen molar-refractivity contribution in [3.05, 3.63) is 33.9 Å². The van der Waals surface area contributed by atoms with E-state index in [-0.39, 0.29) is 61.3 Å². The van der Waals surface area contributed by atoms with Gasteiger partial charge in [0.05, 0.1) is 43.5 Å². The van der Waals surface area contributed by atoms with Crippen LogP contribution in [-0.2, 0) is 68.5 Å². The molecule has 6 N–H and O–H groups in total. The maximum Gasteiger partial charge on any atom is 0.407 e. The van der Waals surface area contributed by atoms with Crippen molar-refractivity contribution >= 4 is 47.8 Å². The van der Waals surface area contributed by atoms with E-state index in [1.54, 1.807) is 34.6 Å². The minimum absolute atomic E-state index is 0.0699. The van der Waals surface area contributed by atoms with Gasteiger partial charge < -0.3 is 44.4 Å². The van der Waals surface area contributed by atoms with Gasteiger partial charge in [-0.05, 0) is 173 Å². The van der Waals surface area contributed by atoms with Crippen molar-refractivity contribution in [3.8, 4) is 0 Å². The highest BCUT2D eigenvalue weighted by molar-refractivity contribution is 6.38. The monoisotopic (exact) mass is 1210 g/mol. The Morgan fingerprint density at radius 3 is 1.43 bits per heavy atom. The molecule has 4 unspecified atom stereocenters. The summed E-state index contributed by atoms with van der Waals surface area (Å²) < 4.78 is 35.2. The largest absolute Gasteiger partial charge is 0.461 e. The molecule has 0 aromatic carbocycles. The predicted molar refractivity (Wildman–Crippen MR) is 322 cm³/mol. The third-order valence-electron chi connectivity index (χ3n) is 15.8. The summed E-state index contributed by atoms with van der Waals surface area (Å²) in [6, 6.07) is 0.718. The van der Waals surface area contributed by atoms with Crippen molar-refractivity contribution in [2.24, 2.45) is 11.8 Å². The average molecular weight is 1210 g/mol. The molecule has 2 aromatic rings. The number of Topliss-reactive ketones (excluding diaryl/α,β-unsaturated/α-hetero) is 2. The summed E-state index contributed by atoms with van der Waals surface area (Å²) >= 11 is 0. The van der Waals surface area contributed by atoms with Gasteiger partial charge in [0.15, 0.2) is 5.69 Å². The van der Waals surface area contributed by atoms with Gasteiger partial charge in [-0.1, -0.05) is 57.8 Å². The van der Waals surface area contributed by atoms with Crippen LogP contribution in [0.15, 0.2) is 0 Å². The smallest absolute Gasteiger partial charge is 0.407 e. The van der Waals surface area contributed by atoms with E-state index in [0.717, 1.165) is 73.9 Å². The van der Waals surface area contributed by atoms with Gasteiger partial charge in [-0.2, -0.15) is 10.2 Å². The van der Waals surface area contributed by atoms with E-state index in [1.165, 1.54) is 70.6 Å². The molecule has 8 rings (SSSR count). The second-order valence-corrected chi connectivity index (χ2v) is 26.4. The molecular weight excluding hydrogens is 1110 g/mol. The zero-order valence-corrected chi connectivity index (χ0v) is 53.7. The summed E-state index contributed by atoms with van der Waals surface area (Å²) in [5, 5.41) is 18.1. The molecule has 2 aromatic heterocycles. The number of hydrogen-bond donors (Lipinski definition) is 5. The lowest BCUT2D eigenvalue weighted by atomic mass is 9.82. The van der Waals surface area contributed by atoms with Crippen LogP contribution in [0.2, 0.25) is 0 Å². The molecule has 0 saturated heterocycles. The van der Waals surface area contributed by atoms with Gasteiger partial charge in [-0.15, -0.1) is 0 Å². The summed E-state index contributed by atoms with van der Waals surface area (Å²) in [6.45, 7) is 22.2. The lowest BCUT2D eigenvalue weighted by molar-refractivity contribution is -0.157. The molecule has 0 aliphatic heterocycles. The third-order valence-corrected chi connectivity index (χ3v) is 15.8. The van der Waals surface area contributed by atoms with Gasteiger partial charge in [0.2, 0.25) is 0 Å². The fraction of sp³-hybridized carbons (Fsp3) is 0.778.